The predicted octanol–water partition coefficient (Wildman–Crippen LogP) is 3.98. The van der Waals surface area contributed by atoms with Gasteiger partial charge in [0.15, 0.2) is 0 Å². The first kappa shape index (κ1) is 26.4. The van der Waals surface area contributed by atoms with Crippen LogP contribution in [-0.2, 0) is 10.3 Å². The van der Waals surface area contributed by atoms with Gasteiger partial charge in [0.05, 0.1) is 16.9 Å². The zero-order chi connectivity index (χ0) is 26.9. The number of anilines is 1. The summed E-state index contributed by atoms with van der Waals surface area (Å²) in [6, 6.07) is 9.14. The lowest BCUT2D eigenvalue weighted by molar-refractivity contribution is -0.0769. The largest absolute Gasteiger partial charge is 0.372 e. The Labute approximate surface area is 225 Å². The normalized spacial score (nSPS) is 21.0. The van der Waals surface area contributed by atoms with Gasteiger partial charge >= 0.3 is 6.03 Å². The Kier molecular flexibility index (Phi) is 7.59. The minimum absolute atomic E-state index is 0.0133. The fraction of sp³-hybridized carbons (Fsp3) is 0.552. The summed E-state index contributed by atoms with van der Waals surface area (Å²) in [7, 11) is 1.82. The number of likely N-dealkylation sites (tertiary alicyclic amines) is 1. The molecular formula is C29H41N7O2. The van der Waals surface area contributed by atoms with Gasteiger partial charge in [0, 0.05) is 81.6 Å². The SMILES string of the molecule is CO[C@@]1(c2ccc(-c3cc4c(N5CCN(C(=O)NC(C)C)CC5)ccnn4c3)nc2)CCCN(C(C)C)C1. The maximum absolute atomic E-state index is 12.4. The molecule has 2 fully saturated rings. The van der Waals surface area contributed by atoms with E-state index in [9.17, 15) is 4.79 Å². The highest BCUT2D eigenvalue weighted by molar-refractivity contribution is 5.79. The zero-order valence-electron chi connectivity index (χ0n) is 23.4. The molecule has 1 atom stereocenters. The van der Waals surface area contributed by atoms with E-state index in [4.69, 9.17) is 9.72 Å². The monoisotopic (exact) mass is 519 g/mol. The van der Waals surface area contributed by atoms with Crippen LogP contribution in [0.5, 0.6) is 0 Å². The van der Waals surface area contributed by atoms with Gasteiger partial charge in [0.1, 0.15) is 5.60 Å². The number of nitrogens with zero attached hydrogens (tertiary/aromatic N) is 6. The van der Waals surface area contributed by atoms with E-state index in [0.717, 1.165) is 67.0 Å². The van der Waals surface area contributed by atoms with Gasteiger partial charge in [-0.05, 0) is 65.3 Å². The van der Waals surface area contributed by atoms with Crippen molar-refractivity contribution in [3.63, 3.8) is 0 Å². The van der Waals surface area contributed by atoms with Gasteiger partial charge in [0.2, 0.25) is 0 Å². The molecule has 204 valence electrons. The summed E-state index contributed by atoms with van der Waals surface area (Å²) in [5.41, 5.74) is 4.94. The molecule has 0 spiro atoms. The smallest absolute Gasteiger partial charge is 0.317 e. The van der Waals surface area contributed by atoms with Crippen molar-refractivity contribution < 1.29 is 9.53 Å². The van der Waals surface area contributed by atoms with Gasteiger partial charge in [-0.15, -0.1) is 0 Å². The molecule has 0 aromatic carbocycles. The van der Waals surface area contributed by atoms with Crippen molar-refractivity contribution in [1.29, 1.82) is 0 Å². The third kappa shape index (κ3) is 5.22. The first-order valence-electron chi connectivity index (χ1n) is 13.8. The first-order chi connectivity index (χ1) is 18.3. The Bertz CT molecular complexity index is 1250. The molecule has 0 saturated carbocycles. The Balaban J connectivity index is 1.34. The van der Waals surface area contributed by atoms with Crippen molar-refractivity contribution >= 4 is 17.2 Å². The molecule has 1 N–H and O–H groups in total. The fourth-order valence-electron chi connectivity index (χ4n) is 5.75. The minimum atomic E-state index is -0.317. The number of carbonyl (C=O) groups is 1. The summed E-state index contributed by atoms with van der Waals surface area (Å²) in [6.45, 7) is 13.4. The second kappa shape index (κ2) is 10.9. The van der Waals surface area contributed by atoms with Gasteiger partial charge in [-0.1, -0.05) is 6.07 Å². The van der Waals surface area contributed by atoms with E-state index in [1.165, 1.54) is 0 Å². The van der Waals surface area contributed by atoms with E-state index in [-0.39, 0.29) is 17.7 Å². The summed E-state index contributed by atoms with van der Waals surface area (Å²) in [6.07, 6.45) is 7.99. The molecule has 0 radical (unpaired) electrons. The number of amides is 2. The Morgan fingerprint density at radius 1 is 1.08 bits per heavy atom. The molecule has 2 aliphatic rings. The molecule has 2 saturated heterocycles. The van der Waals surface area contributed by atoms with E-state index in [1.54, 1.807) is 0 Å². The molecule has 5 rings (SSSR count). The Morgan fingerprint density at radius 3 is 2.53 bits per heavy atom. The van der Waals surface area contributed by atoms with Crippen LogP contribution in [0.3, 0.4) is 0 Å². The molecule has 9 heteroatoms. The highest BCUT2D eigenvalue weighted by Gasteiger charge is 2.38. The molecule has 3 aromatic heterocycles. The van der Waals surface area contributed by atoms with E-state index in [0.29, 0.717) is 19.1 Å². The van der Waals surface area contributed by atoms with Gasteiger partial charge in [-0.2, -0.15) is 5.10 Å². The molecule has 0 bridgehead atoms. The van der Waals surface area contributed by atoms with Gasteiger partial charge < -0.3 is 19.9 Å². The number of piperazine rings is 1. The topological polar surface area (TPSA) is 78.2 Å². The fourth-order valence-corrected chi connectivity index (χ4v) is 5.75. The number of pyridine rings is 1. The number of urea groups is 1. The lowest BCUT2D eigenvalue weighted by atomic mass is 9.85. The average molecular weight is 520 g/mol. The number of fused-ring (bicyclic) bond motifs is 1. The molecular weight excluding hydrogens is 478 g/mol. The number of carbonyl (C=O) groups excluding carboxylic acids is 1. The summed E-state index contributed by atoms with van der Waals surface area (Å²) in [5, 5.41) is 7.55. The average Bonchev–Trinajstić information content (AvgIpc) is 3.37. The van der Waals surface area contributed by atoms with Crippen molar-refractivity contribution in [3.8, 4) is 11.3 Å². The van der Waals surface area contributed by atoms with E-state index in [2.05, 4.69) is 58.3 Å². The number of aromatic nitrogens is 3. The van der Waals surface area contributed by atoms with Gasteiger partial charge in [-0.3, -0.25) is 9.88 Å². The lowest BCUT2D eigenvalue weighted by Gasteiger charge is -2.43. The number of hydrogen-bond donors (Lipinski definition) is 1. The summed E-state index contributed by atoms with van der Waals surface area (Å²) in [5.74, 6) is 0. The molecule has 0 aliphatic carbocycles. The molecule has 9 nitrogen and oxygen atoms in total. The number of methoxy groups -OCH3 is 1. The third-order valence-electron chi connectivity index (χ3n) is 8.00. The molecule has 0 unspecified atom stereocenters. The second-order valence-electron chi connectivity index (χ2n) is 11.2. The number of piperidine rings is 1. The zero-order valence-corrected chi connectivity index (χ0v) is 23.4. The van der Waals surface area contributed by atoms with Crippen LogP contribution < -0.4 is 10.2 Å². The third-order valence-corrected chi connectivity index (χ3v) is 8.00. The minimum Gasteiger partial charge on any atom is -0.372 e. The number of ether oxygens (including phenoxy) is 1. The van der Waals surface area contributed by atoms with Crippen LogP contribution in [0.1, 0.15) is 46.1 Å². The Morgan fingerprint density at radius 2 is 1.87 bits per heavy atom. The standard InChI is InChI=1S/C29H41N7O2/c1-21(2)32-28(37)34-15-13-33(14-16-34)26-9-11-31-36-19-23(17-27(26)36)25-8-7-24(18-30-25)29(38-5)10-6-12-35(20-29)22(3)4/h7-9,11,17-19,21-22H,6,10,12-16,20H2,1-5H3,(H,32,37)/t29-/m0/s1. The van der Waals surface area contributed by atoms with Crippen LogP contribution in [0.25, 0.3) is 16.8 Å². The van der Waals surface area contributed by atoms with Crippen LogP contribution >= 0.6 is 0 Å². The van der Waals surface area contributed by atoms with Gasteiger partial charge in [-0.25, -0.2) is 9.31 Å². The number of rotatable bonds is 6. The van der Waals surface area contributed by atoms with Crippen LogP contribution in [0.2, 0.25) is 0 Å². The molecule has 3 aromatic rings. The first-order valence-corrected chi connectivity index (χ1v) is 13.8. The predicted molar refractivity (Wildman–Crippen MR) is 151 cm³/mol. The van der Waals surface area contributed by atoms with E-state index < -0.39 is 0 Å². The maximum atomic E-state index is 12.4. The van der Waals surface area contributed by atoms with Crippen LogP contribution in [0.4, 0.5) is 10.5 Å². The summed E-state index contributed by atoms with van der Waals surface area (Å²) in [4.78, 5) is 24.0. The van der Waals surface area contributed by atoms with Crippen molar-refractivity contribution in [2.75, 3.05) is 51.3 Å². The molecule has 2 aliphatic heterocycles. The van der Waals surface area contributed by atoms with E-state index in [1.807, 2.05) is 49.0 Å². The van der Waals surface area contributed by atoms with Crippen LogP contribution in [0.15, 0.2) is 42.9 Å². The number of hydrogen-bond acceptors (Lipinski definition) is 6. The quantitative estimate of drug-likeness (QED) is 0.531. The van der Waals surface area contributed by atoms with Crippen LogP contribution in [-0.4, -0.2) is 88.9 Å². The lowest BCUT2D eigenvalue weighted by Crippen LogP contribution is -2.53. The molecule has 38 heavy (non-hydrogen) atoms. The van der Waals surface area contributed by atoms with Crippen molar-refractivity contribution in [3.05, 3.63) is 48.4 Å². The summed E-state index contributed by atoms with van der Waals surface area (Å²) >= 11 is 0. The molecule has 5 heterocycles. The molecule has 2 amide bonds. The maximum Gasteiger partial charge on any atom is 0.317 e. The highest BCUT2D eigenvalue weighted by atomic mass is 16.5. The Hall–Kier alpha value is -3.17. The van der Waals surface area contributed by atoms with Crippen LogP contribution in [0, 0.1) is 0 Å². The van der Waals surface area contributed by atoms with Crippen molar-refractivity contribution in [2.24, 2.45) is 0 Å². The van der Waals surface area contributed by atoms with Crippen molar-refractivity contribution in [1.82, 2.24) is 29.7 Å². The second-order valence-corrected chi connectivity index (χ2v) is 11.2. The highest BCUT2D eigenvalue weighted by Crippen LogP contribution is 2.36. The van der Waals surface area contributed by atoms with E-state index >= 15 is 0 Å². The summed E-state index contributed by atoms with van der Waals surface area (Å²) < 4.78 is 8.06. The number of nitrogens with one attached hydrogen (secondary N) is 1. The van der Waals surface area contributed by atoms with Gasteiger partial charge in [0.25, 0.3) is 0 Å². The van der Waals surface area contributed by atoms with Crippen molar-refractivity contribution in [2.45, 2.75) is 58.2 Å².